The van der Waals surface area contributed by atoms with E-state index in [1.54, 1.807) is 0 Å². The van der Waals surface area contributed by atoms with E-state index in [-0.39, 0.29) is 11.9 Å². The number of nitrogens with one attached hydrogen (secondary N) is 2. The molecular formula is C16H24N2O2. The van der Waals surface area contributed by atoms with Crippen LogP contribution in [-0.4, -0.2) is 31.7 Å². The summed E-state index contributed by atoms with van der Waals surface area (Å²) >= 11 is 0. The zero-order valence-electron chi connectivity index (χ0n) is 12.5. The molecule has 1 aliphatic heterocycles. The van der Waals surface area contributed by atoms with Crippen molar-refractivity contribution in [3.05, 3.63) is 29.3 Å². The Bertz CT molecular complexity index is 466. The van der Waals surface area contributed by atoms with Crippen LogP contribution in [0.4, 0.5) is 5.69 Å². The molecule has 0 radical (unpaired) electrons. The number of carbonyl (C=O) groups is 1. The quantitative estimate of drug-likeness (QED) is 0.888. The topological polar surface area (TPSA) is 50.4 Å². The van der Waals surface area contributed by atoms with E-state index in [1.165, 1.54) is 5.56 Å². The highest BCUT2D eigenvalue weighted by Crippen LogP contribution is 2.27. The summed E-state index contributed by atoms with van der Waals surface area (Å²) in [4.78, 5) is 12.2. The van der Waals surface area contributed by atoms with Gasteiger partial charge in [0.25, 0.3) is 0 Å². The molecule has 110 valence electrons. The molecule has 0 saturated carbocycles. The Balaban J connectivity index is 2.03. The average molecular weight is 276 g/mol. The molecular weight excluding hydrogens is 252 g/mol. The van der Waals surface area contributed by atoms with E-state index in [4.69, 9.17) is 4.74 Å². The lowest BCUT2D eigenvalue weighted by Crippen LogP contribution is -2.43. The minimum Gasteiger partial charge on any atom is -0.378 e. The van der Waals surface area contributed by atoms with Gasteiger partial charge in [0.15, 0.2) is 0 Å². The van der Waals surface area contributed by atoms with Crippen LogP contribution in [0, 0.1) is 6.92 Å². The summed E-state index contributed by atoms with van der Waals surface area (Å²) in [6, 6.07) is 6.27. The molecule has 1 aromatic rings. The number of amides is 1. The second-order valence-electron chi connectivity index (χ2n) is 5.67. The molecule has 0 spiro atoms. The lowest BCUT2D eigenvalue weighted by molar-refractivity contribution is -0.117. The highest BCUT2D eigenvalue weighted by Gasteiger charge is 2.18. The Morgan fingerprint density at radius 2 is 2.30 bits per heavy atom. The highest BCUT2D eigenvalue weighted by atomic mass is 16.5. The largest absolute Gasteiger partial charge is 0.378 e. The summed E-state index contributed by atoms with van der Waals surface area (Å²) in [7, 11) is 0. The van der Waals surface area contributed by atoms with Crippen LogP contribution in [0.2, 0.25) is 0 Å². The van der Waals surface area contributed by atoms with Gasteiger partial charge in [-0.3, -0.25) is 4.79 Å². The lowest BCUT2D eigenvalue weighted by atomic mass is 9.98. The van der Waals surface area contributed by atoms with E-state index in [1.807, 2.05) is 19.1 Å². The first-order valence-electron chi connectivity index (χ1n) is 7.28. The summed E-state index contributed by atoms with van der Waals surface area (Å²) in [6.07, 6.45) is 0.450. The molecule has 1 saturated heterocycles. The second-order valence-corrected chi connectivity index (χ2v) is 5.67. The Hall–Kier alpha value is -1.39. The van der Waals surface area contributed by atoms with Gasteiger partial charge in [-0.05, 0) is 24.0 Å². The Morgan fingerprint density at radius 1 is 1.50 bits per heavy atom. The van der Waals surface area contributed by atoms with E-state index in [0.717, 1.165) is 24.4 Å². The predicted octanol–water partition coefficient (Wildman–Crippen LogP) is 2.44. The molecule has 0 aliphatic carbocycles. The van der Waals surface area contributed by atoms with Gasteiger partial charge in [-0.1, -0.05) is 32.0 Å². The minimum absolute atomic E-state index is 0.0456. The van der Waals surface area contributed by atoms with Crippen LogP contribution in [0.3, 0.4) is 0 Å². The number of benzene rings is 1. The van der Waals surface area contributed by atoms with Gasteiger partial charge in [-0.15, -0.1) is 0 Å². The zero-order valence-corrected chi connectivity index (χ0v) is 12.5. The fourth-order valence-corrected chi connectivity index (χ4v) is 2.51. The first-order valence-corrected chi connectivity index (χ1v) is 7.28. The van der Waals surface area contributed by atoms with Crippen LogP contribution < -0.4 is 10.6 Å². The van der Waals surface area contributed by atoms with Crippen molar-refractivity contribution in [2.24, 2.45) is 0 Å². The van der Waals surface area contributed by atoms with Crippen molar-refractivity contribution in [2.75, 3.05) is 25.1 Å². The molecule has 0 bridgehead atoms. The van der Waals surface area contributed by atoms with E-state index in [2.05, 4.69) is 30.5 Å². The summed E-state index contributed by atoms with van der Waals surface area (Å²) in [6.45, 7) is 8.47. The first-order chi connectivity index (χ1) is 9.58. The fraction of sp³-hybridized carbons (Fsp3) is 0.562. The second kappa shape index (κ2) is 6.86. The van der Waals surface area contributed by atoms with Gasteiger partial charge < -0.3 is 15.4 Å². The van der Waals surface area contributed by atoms with Gasteiger partial charge in [-0.25, -0.2) is 0 Å². The van der Waals surface area contributed by atoms with Gasteiger partial charge >= 0.3 is 0 Å². The number of hydrogen-bond donors (Lipinski definition) is 2. The van der Waals surface area contributed by atoms with Gasteiger partial charge in [0.1, 0.15) is 0 Å². The zero-order chi connectivity index (χ0) is 14.5. The SMILES string of the molecule is Cc1cccc(C(C)C)c1NC(=O)CC1COCCN1. The fourth-order valence-electron chi connectivity index (χ4n) is 2.51. The molecule has 1 aromatic carbocycles. The maximum atomic E-state index is 12.2. The molecule has 20 heavy (non-hydrogen) atoms. The third-order valence-corrected chi connectivity index (χ3v) is 3.62. The van der Waals surface area contributed by atoms with Gasteiger partial charge in [-0.2, -0.15) is 0 Å². The summed E-state index contributed by atoms with van der Waals surface area (Å²) in [5, 5.41) is 6.37. The third kappa shape index (κ3) is 3.81. The molecule has 1 amide bonds. The Labute approximate surface area is 120 Å². The monoisotopic (exact) mass is 276 g/mol. The minimum atomic E-state index is 0.0456. The van der Waals surface area contributed by atoms with Crippen LogP contribution in [0.15, 0.2) is 18.2 Å². The van der Waals surface area contributed by atoms with Crippen LogP contribution >= 0.6 is 0 Å². The molecule has 0 aromatic heterocycles. The number of hydrogen-bond acceptors (Lipinski definition) is 3. The molecule has 1 heterocycles. The smallest absolute Gasteiger partial charge is 0.226 e. The van der Waals surface area contributed by atoms with Crippen molar-refractivity contribution in [2.45, 2.75) is 39.2 Å². The molecule has 4 heteroatoms. The predicted molar refractivity (Wildman–Crippen MR) is 81.1 cm³/mol. The van der Waals surface area contributed by atoms with Crippen molar-refractivity contribution in [3.8, 4) is 0 Å². The van der Waals surface area contributed by atoms with Gasteiger partial charge in [0.05, 0.1) is 13.2 Å². The number of carbonyl (C=O) groups excluding carboxylic acids is 1. The highest BCUT2D eigenvalue weighted by molar-refractivity contribution is 5.92. The number of ether oxygens (including phenoxy) is 1. The number of aryl methyl sites for hydroxylation is 1. The van der Waals surface area contributed by atoms with E-state index in [9.17, 15) is 4.79 Å². The summed E-state index contributed by atoms with van der Waals surface area (Å²) in [5.74, 6) is 0.436. The molecule has 1 unspecified atom stereocenters. The molecule has 2 N–H and O–H groups in total. The van der Waals surface area contributed by atoms with E-state index < -0.39 is 0 Å². The molecule has 1 aliphatic rings. The third-order valence-electron chi connectivity index (χ3n) is 3.62. The Morgan fingerprint density at radius 3 is 2.95 bits per heavy atom. The number of morpholine rings is 1. The normalized spacial score (nSPS) is 19.1. The van der Waals surface area contributed by atoms with E-state index >= 15 is 0 Å². The van der Waals surface area contributed by atoms with Crippen LogP contribution in [-0.2, 0) is 9.53 Å². The molecule has 1 atom stereocenters. The van der Waals surface area contributed by atoms with Crippen molar-refractivity contribution in [3.63, 3.8) is 0 Å². The average Bonchev–Trinajstić information content (AvgIpc) is 2.42. The molecule has 4 nitrogen and oxygen atoms in total. The van der Waals surface area contributed by atoms with Crippen LogP contribution in [0.25, 0.3) is 0 Å². The first kappa shape index (κ1) is 15.0. The molecule has 1 fully saturated rings. The van der Waals surface area contributed by atoms with E-state index in [0.29, 0.717) is 18.9 Å². The number of anilines is 1. The standard InChI is InChI=1S/C16H24N2O2/c1-11(2)14-6-4-5-12(3)16(14)18-15(19)9-13-10-20-8-7-17-13/h4-6,11,13,17H,7-10H2,1-3H3,(H,18,19). The lowest BCUT2D eigenvalue weighted by Gasteiger charge is -2.24. The van der Waals surface area contributed by atoms with Crippen molar-refractivity contribution < 1.29 is 9.53 Å². The number of para-hydroxylation sites is 1. The van der Waals surface area contributed by atoms with Gasteiger partial charge in [0, 0.05) is 24.7 Å². The van der Waals surface area contributed by atoms with Crippen LogP contribution in [0.1, 0.15) is 37.3 Å². The molecule has 2 rings (SSSR count). The van der Waals surface area contributed by atoms with Crippen molar-refractivity contribution in [1.29, 1.82) is 0 Å². The van der Waals surface area contributed by atoms with Gasteiger partial charge in [0.2, 0.25) is 5.91 Å². The summed E-state index contributed by atoms with van der Waals surface area (Å²) < 4.78 is 5.38. The maximum absolute atomic E-state index is 12.2. The number of rotatable bonds is 4. The van der Waals surface area contributed by atoms with Crippen molar-refractivity contribution >= 4 is 11.6 Å². The summed E-state index contributed by atoms with van der Waals surface area (Å²) in [5.41, 5.74) is 3.26. The van der Waals surface area contributed by atoms with Crippen molar-refractivity contribution in [1.82, 2.24) is 5.32 Å². The van der Waals surface area contributed by atoms with Crippen LogP contribution in [0.5, 0.6) is 0 Å². The maximum Gasteiger partial charge on any atom is 0.226 e. The Kier molecular flexibility index (Phi) is 5.15.